The molecule has 4 heterocycles. The third-order valence-electron chi connectivity index (χ3n) is 6.63. The summed E-state index contributed by atoms with van der Waals surface area (Å²) in [6.07, 6.45) is 4.30. The van der Waals surface area contributed by atoms with Gasteiger partial charge in [-0.1, -0.05) is 26.0 Å². The van der Waals surface area contributed by atoms with Crippen LogP contribution < -0.4 is 0 Å². The molecule has 0 spiro atoms. The van der Waals surface area contributed by atoms with Crippen molar-refractivity contribution in [3.63, 3.8) is 0 Å². The van der Waals surface area contributed by atoms with E-state index in [-0.39, 0.29) is 11.9 Å². The van der Waals surface area contributed by atoms with Gasteiger partial charge in [0.05, 0.1) is 34.4 Å². The summed E-state index contributed by atoms with van der Waals surface area (Å²) in [5.41, 5.74) is 7.51. The smallest absolute Gasteiger partial charge is 0.223 e. The zero-order valence-electron chi connectivity index (χ0n) is 19.3. The van der Waals surface area contributed by atoms with E-state index in [4.69, 9.17) is 4.98 Å². The predicted molar refractivity (Wildman–Crippen MR) is 138 cm³/mol. The molecule has 0 saturated carbocycles. The number of likely N-dealkylation sites (tertiary alicyclic amines) is 1. The topological polar surface area (TPSA) is 77.7 Å². The number of imidazole rings is 2. The molecule has 0 aliphatic carbocycles. The number of H-pyrrole nitrogens is 2. The molecule has 6 nitrogen and oxygen atoms in total. The molecule has 2 N–H and O–H groups in total. The third kappa shape index (κ3) is 3.70. The lowest BCUT2D eigenvalue weighted by Gasteiger charge is -2.24. The normalized spacial score (nSPS) is 16.3. The quantitative estimate of drug-likeness (QED) is 0.307. The van der Waals surface area contributed by atoms with Gasteiger partial charge in [0.2, 0.25) is 5.91 Å². The fourth-order valence-electron chi connectivity index (χ4n) is 5.01. The monoisotopic (exact) mass is 469 g/mol. The summed E-state index contributed by atoms with van der Waals surface area (Å²) in [4.78, 5) is 32.0. The van der Waals surface area contributed by atoms with E-state index in [9.17, 15) is 4.79 Å². The summed E-state index contributed by atoms with van der Waals surface area (Å²) in [6, 6.07) is 15.0. The number of amides is 1. The van der Waals surface area contributed by atoms with Crippen molar-refractivity contribution in [2.24, 2.45) is 5.92 Å². The van der Waals surface area contributed by atoms with Gasteiger partial charge in [-0.2, -0.15) is 0 Å². The fraction of sp³-hybridized carbons (Fsp3) is 0.296. The zero-order valence-corrected chi connectivity index (χ0v) is 20.2. The molecule has 1 aliphatic heterocycles. The summed E-state index contributed by atoms with van der Waals surface area (Å²) in [5.74, 6) is 1.50. The molecule has 1 atom stereocenters. The average Bonchev–Trinajstić information content (AvgIpc) is 3.62. The summed E-state index contributed by atoms with van der Waals surface area (Å²) in [7, 11) is 0. The molecule has 34 heavy (non-hydrogen) atoms. The number of aromatic nitrogens is 4. The molecule has 0 radical (unpaired) electrons. The van der Waals surface area contributed by atoms with Gasteiger partial charge in [-0.05, 0) is 65.6 Å². The summed E-state index contributed by atoms with van der Waals surface area (Å²) < 4.78 is 0. The lowest BCUT2D eigenvalue weighted by molar-refractivity contribution is -0.133. The van der Waals surface area contributed by atoms with Crippen molar-refractivity contribution in [2.75, 3.05) is 6.54 Å². The number of fused-ring (bicyclic) bond motifs is 2. The Hall–Kier alpha value is -3.45. The molecule has 7 heteroatoms. The molecule has 1 amide bonds. The van der Waals surface area contributed by atoms with Crippen LogP contribution in [0.4, 0.5) is 0 Å². The first-order valence-electron chi connectivity index (χ1n) is 11.9. The summed E-state index contributed by atoms with van der Waals surface area (Å²) >= 11 is 1.74. The zero-order chi connectivity index (χ0) is 23.2. The SMILES string of the molecule is CC(C)CC(=O)N1CCCC1c1nc2ccc(-c3sccc3-c3ccc4nc[nH]c4c3)cc2[nH]1. The van der Waals surface area contributed by atoms with Crippen molar-refractivity contribution >= 4 is 39.3 Å². The second kappa shape index (κ2) is 8.40. The number of hydrogen-bond donors (Lipinski definition) is 2. The van der Waals surface area contributed by atoms with Crippen LogP contribution in [0.25, 0.3) is 43.6 Å². The number of nitrogens with zero attached hydrogens (tertiary/aromatic N) is 3. The van der Waals surface area contributed by atoms with Crippen molar-refractivity contribution in [3.8, 4) is 21.6 Å². The van der Waals surface area contributed by atoms with Crippen molar-refractivity contribution in [1.82, 2.24) is 24.8 Å². The largest absolute Gasteiger partial charge is 0.345 e. The number of thiophene rings is 1. The highest BCUT2D eigenvalue weighted by atomic mass is 32.1. The molecule has 1 saturated heterocycles. The Bertz CT molecular complexity index is 1490. The number of benzene rings is 2. The van der Waals surface area contributed by atoms with Crippen LogP contribution in [-0.4, -0.2) is 37.3 Å². The van der Waals surface area contributed by atoms with E-state index >= 15 is 0 Å². The minimum atomic E-state index is 0.0422. The van der Waals surface area contributed by atoms with Gasteiger partial charge in [-0.15, -0.1) is 11.3 Å². The second-order valence-corrected chi connectivity index (χ2v) is 10.4. The maximum Gasteiger partial charge on any atom is 0.223 e. The second-order valence-electron chi connectivity index (χ2n) is 9.49. The molecule has 1 fully saturated rings. The van der Waals surface area contributed by atoms with Gasteiger partial charge in [0, 0.05) is 23.4 Å². The highest BCUT2D eigenvalue weighted by Gasteiger charge is 2.32. The van der Waals surface area contributed by atoms with Crippen LogP contribution in [0.2, 0.25) is 0 Å². The number of rotatable bonds is 5. The van der Waals surface area contributed by atoms with Crippen LogP contribution in [0.5, 0.6) is 0 Å². The molecule has 0 bridgehead atoms. The van der Waals surface area contributed by atoms with Gasteiger partial charge < -0.3 is 14.9 Å². The van der Waals surface area contributed by atoms with Crippen molar-refractivity contribution in [3.05, 3.63) is 60.0 Å². The Kier molecular flexibility index (Phi) is 5.21. The van der Waals surface area contributed by atoms with E-state index in [1.165, 1.54) is 16.0 Å². The van der Waals surface area contributed by atoms with Crippen molar-refractivity contribution in [1.29, 1.82) is 0 Å². The van der Waals surface area contributed by atoms with E-state index < -0.39 is 0 Å². The molecular weight excluding hydrogens is 442 g/mol. The number of carbonyl (C=O) groups excluding carboxylic acids is 1. The standard InChI is InChI=1S/C27H27N5OS/c1-16(2)12-25(33)32-10-3-4-24(32)27-30-21-8-6-18(14-23(21)31-27)26-19(9-11-34-26)17-5-7-20-22(13-17)29-15-28-20/h5-9,11,13-16,24H,3-4,10,12H2,1-2H3,(H,28,29)(H,30,31). The van der Waals surface area contributed by atoms with Gasteiger partial charge in [0.25, 0.3) is 0 Å². The molecule has 3 aromatic heterocycles. The molecule has 1 aliphatic rings. The number of carbonyl (C=O) groups is 1. The maximum atomic E-state index is 12.8. The van der Waals surface area contributed by atoms with E-state index in [1.807, 2.05) is 4.90 Å². The van der Waals surface area contributed by atoms with Crippen molar-refractivity contribution < 1.29 is 4.79 Å². The third-order valence-corrected chi connectivity index (χ3v) is 7.59. The lowest BCUT2D eigenvalue weighted by Crippen LogP contribution is -2.31. The van der Waals surface area contributed by atoms with Crippen molar-refractivity contribution in [2.45, 2.75) is 39.2 Å². The Morgan fingerprint density at radius 2 is 1.94 bits per heavy atom. The first-order chi connectivity index (χ1) is 16.6. The van der Waals surface area contributed by atoms with Crippen LogP contribution in [0.15, 0.2) is 54.2 Å². The molecule has 6 rings (SSSR count). The van der Waals surface area contributed by atoms with E-state index in [1.54, 1.807) is 17.7 Å². The lowest BCUT2D eigenvalue weighted by atomic mass is 10.0. The highest BCUT2D eigenvalue weighted by molar-refractivity contribution is 7.14. The van der Waals surface area contributed by atoms with Crippen LogP contribution in [0.3, 0.4) is 0 Å². The Labute approximate surface area is 202 Å². The highest BCUT2D eigenvalue weighted by Crippen LogP contribution is 2.39. The van der Waals surface area contributed by atoms with Gasteiger partial charge in [-0.3, -0.25) is 4.79 Å². The first-order valence-corrected chi connectivity index (χ1v) is 12.8. The van der Waals surface area contributed by atoms with Gasteiger partial charge in [-0.25, -0.2) is 9.97 Å². The Morgan fingerprint density at radius 3 is 2.82 bits per heavy atom. The number of nitrogens with one attached hydrogen (secondary N) is 2. The molecule has 1 unspecified atom stereocenters. The Morgan fingerprint density at radius 1 is 1.12 bits per heavy atom. The molecule has 172 valence electrons. The summed E-state index contributed by atoms with van der Waals surface area (Å²) in [6.45, 7) is 5.01. The van der Waals surface area contributed by atoms with Crippen LogP contribution in [0.1, 0.15) is 45.0 Å². The Balaban J connectivity index is 1.33. The molecule has 5 aromatic rings. The minimum Gasteiger partial charge on any atom is -0.345 e. The van der Waals surface area contributed by atoms with Gasteiger partial charge in [0.15, 0.2) is 0 Å². The van der Waals surface area contributed by atoms with E-state index in [2.05, 4.69) is 76.6 Å². The average molecular weight is 470 g/mol. The molecule has 2 aromatic carbocycles. The van der Waals surface area contributed by atoms with Crippen LogP contribution in [0, 0.1) is 5.92 Å². The van der Waals surface area contributed by atoms with Crippen LogP contribution in [-0.2, 0) is 4.79 Å². The van der Waals surface area contributed by atoms with E-state index in [0.717, 1.165) is 52.8 Å². The summed E-state index contributed by atoms with van der Waals surface area (Å²) in [5, 5.41) is 2.14. The van der Waals surface area contributed by atoms with Crippen LogP contribution >= 0.6 is 11.3 Å². The number of hydrogen-bond acceptors (Lipinski definition) is 4. The maximum absolute atomic E-state index is 12.8. The first kappa shape index (κ1) is 21.1. The van der Waals surface area contributed by atoms with Gasteiger partial charge in [0.1, 0.15) is 5.82 Å². The molecular formula is C27H27N5OS. The number of aromatic amines is 2. The van der Waals surface area contributed by atoms with Gasteiger partial charge >= 0.3 is 0 Å². The predicted octanol–water partition coefficient (Wildman–Crippen LogP) is 6.54. The van der Waals surface area contributed by atoms with E-state index in [0.29, 0.717) is 12.3 Å². The fourth-order valence-corrected chi connectivity index (χ4v) is 5.92. The minimum absolute atomic E-state index is 0.0422.